The van der Waals surface area contributed by atoms with Crippen molar-refractivity contribution in [3.8, 4) is 33.4 Å². The fourth-order valence-electron chi connectivity index (χ4n) is 10.8. The predicted molar refractivity (Wildman–Crippen MR) is 364 cm³/mol. The van der Waals surface area contributed by atoms with E-state index in [4.69, 9.17) is 0 Å². The first-order valence-corrected chi connectivity index (χ1v) is 29.0. The molecule has 0 N–H and O–H groups in total. The van der Waals surface area contributed by atoms with Gasteiger partial charge < -0.3 is 4.90 Å². The van der Waals surface area contributed by atoms with E-state index >= 15 is 0 Å². The molecule has 0 aromatic heterocycles. The van der Waals surface area contributed by atoms with Crippen LogP contribution in [0.3, 0.4) is 0 Å². The van der Waals surface area contributed by atoms with Crippen LogP contribution in [0.2, 0.25) is 0 Å². The fraction of sp³-hybridized carbons (Fsp3) is 0. The summed E-state index contributed by atoms with van der Waals surface area (Å²) in [5.41, 5.74) is 24.3. The zero-order valence-electron chi connectivity index (χ0n) is 47.3. The molecule has 0 unspecified atom stereocenters. The summed E-state index contributed by atoms with van der Waals surface area (Å²) in [5, 5.41) is 0. The Morgan fingerprint density at radius 2 is 0.365 bits per heavy atom. The van der Waals surface area contributed by atoms with E-state index in [9.17, 15) is 0 Å². The number of allylic oxidation sites excluding steroid dienone is 6. The molecule has 1 heteroatoms. The number of rotatable bonds is 18. The minimum Gasteiger partial charge on any atom is -0.311 e. The summed E-state index contributed by atoms with van der Waals surface area (Å²) >= 11 is 0. The van der Waals surface area contributed by atoms with Crippen molar-refractivity contribution in [2.24, 2.45) is 0 Å². The van der Waals surface area contributed by atoms with Crippen molar-refractivity contribution in [2.45, 2.75) is 0 Å². The van der Waals surface area contributed by atoms with Crippen LogP contribution < -0.4 is 4.90 Å². The predicted octanol–water partition coefficient (Wildman–Crippen LogP) is 22.6. The van der Waals surface area contributed by atoms with E-state index in [0.717, 1.165) is 67.1 Å². The quantitative estimate of drug-likeness (QED) is 0.0774. The minimum absolute atomic E-state index is 1.07. The Labute approximate surface area is 501 Å². The summed E-state index contributed by atoms with van der Waals surface area (Å²) in [6, 6.07) is 117. The van der Waals surface area contributed by atoms with Gasteiger partial charge in [-0.1, -0.05) is 346 Å². The van der Waals surface area contributed by atoms with Crippen LogP contribution in [0.4, 0.5) is 17.1 Å². The van der Waals surface area contributed by atoms with Gasteiger partial charge in [-0.05, 0) is 137 Å². The molecule has 0 saturated heterocycles. The number of anilines is 3. The third kappa shape index (κ3) is 13.8. The van der Waals surface area contributed by atoms with Crippen molar-refractivity contribution in [2.75, 3.05) is 4.90 Å². The van der Waals surface area contributed by atoms with Crippen LogP contribution in [-0.2, 0) is 0 Å². The molecule has 0 aliphatic carbocycles. The molecule has 12 aromatic carbocycles. The molecule has 1 nitrogen and oxygen atoms in total. The third-order valence-electron chi connectivity index (χ3n) is 15.3. The fourth-order valence-corrected chi connectivity index (χ4v) is 10.8. The van der Waals surface area contributed by atoms with Gasteiger partial charge in [-0.3, -0.25) is 0 Å². The Balaban J connectivity index is 0.789. The van der Waals surface area contributed by atoms with Gasteiger partial charge >= 0.3 is 0 Å². The average Bonchev–Trinajstić information content (AvgIpc) is 3.77. The van der Waals surface area contributed by atoms with Crippen molar-refractivity contribution in [3.05, 3.63) is 414 Å². The summed E-state index contributed by atoms with van der Waals surface area (Å²) in [4.78, 5) is 2.35. The monoisotopic (exact) mass is 1090 g/mol. The number of benzene rings is 12. The lowest BCUT2D eigenvalue weighted by Gasteiger charge is -2.26. The highest BCUT2D eigenvalue weighted by Gasteiger charge is 2.15. The van der Waals surface area contributed by atoms with Gasteiger partial charge in [0.2, 0.25) is 0 Å². The maximum absolute atomic E-state index is 2.35. The van der Waals surface area contributed by atoms with E-state index in [1.807, 2.05) is 0 Å². The number of hydrogen-bond donors (Lipinski definition) is 0. The molecule has 0 aliphatic rings. The second-order valence-corrected chi connectivity index (χ2v) is 20.9. The Kier molecular flexibility index (Phi) is 17.4. The molecular weight excluding hydrogens is 1020 g/mol. The SMILES string of the molecule is C(/C=C/c1ccc(-c2ccc(N(c3ccc(-c4ccc(/C=C/C=C(c5ccccc5)c5ccccc5)cc4)cc3)c3ccc(-c4ccc(/C=C/C=C(c5ccccc5)c5ccccc5)cc4)cc3)cc2)cc1)=C(c1ccccc1)c1ccccc1. The first-order chi connectivity index (χ1) is 42.1. The number of hydrogen-bond acceptors (Lipinski definition) is 1. The first-order valence-electron chi connectivity index (χ1n) is 29.0. The molecule has 0 amide bonds. The molecule has 0 radical (unpaired) electrons. The first kappa shape index (κ1) is 54.5. The second kappa shape index (κ2) is 27.1. The molecule has 0 aliphatic heterocycles. The van der Waals surface area contributed by atoms with Gasteiger partial charge in [0.1, 0.15) is 0 Å². The molecule has 0 fully saturated rings. The molecular formula is C84H63N. The molecule has 0 bridgehead atoms. The Bertz CT molecular complexity index is 3680. The standard InChI is InChI=1S/C84H63N/c1-7-25-73(26-8-1)82(74-27-9-2-10-28-74)37-19-22-64-40-46-67(47-41-64)70-52-58-79(59-53-70)85(80-60-54-71(55-61-80)68-48-42-65(43-49-68)23-20-38-83(75-29-11-3-12-30-75)76-31-13-4-14-32-76)81-62-56-72(57-63-81)69-50-44-66(45-51-69)24-21-39-84(77-33-15-5-16-34-77)78-35-17-6-18-36-78/h1-63H/b22-19+,23-20+,24-21+. The molecule has 0 heterocycles. The van der Waals surface area contributed by atoms with Gasteiger partial charge in [0, 0.05) is 17.1 Å². The largest absolute Gasteiger partial charge is 0.311 e. The lowest BCUT2D eigenvalue weighted by atomic mass is 9.97. The summed E-state index contributed by atoms with van der Waals surface area (Å²) in [6.45, 7) is 0. The van der Waals surface area contributed by atoms with Crippen LogP contribution in [0.5, 0.6) is 0 Å². The molecule has 12 rings (SSSR count). The summed E-state index contributed by atoms with van der Waals surface area (Å²) < 4.78 is 0. The topological polar surface area (TPSA) is 3.24 Å². The van der Waals surface area contributed by atoms with Gasteiger partial charge in [-0.25, -0.2) is 0 Å². The zero-order valence-corrected chi connectivity index (χ0v) is 47.3. The number of nitrogens with zero attached hydrogens (tertiary/aromatic N) is 1. The van der Waals surface area contributed by atoms with Gasteiger partial charge in [0.25, 0.3) is 0 Å². The van der Waals surface area contributed by atoms with E-state index in [0.29, 0.717) is 0 Å². The van der Waals surface area contributed by atoms with Crippen LogP contribution >= 0.6 is 0 Å². The Morgan fingerprint density at radius 3 is 0.553 bits per heavy atom. The Hall–Kier alpha value is -11.1. The van der Waals surface area contributed by atoms with Crippen LogP contribution in [0.15, 0.2) is 364 Å². The molecule has 404 valence electrons. The van der Waals surface area contributed by atoms with E-state index in [-0.39, 0.29) is 0 Å². The van der Waals surface area contributed by atoms with Crippen LogP contribution in [0.1, 0.15) is 50.1 Å². The maximum atomic E-state index is 2.35. The summed E-state index contributed by atoms with van der Waals surface area (Å²) in [7, 11) is 0. The molecule has 0 spiro atoms. The molecule has 0 saturated carbocycles. The average molecular weight is 1090 g/mol. The highest BCUT2D eigenvalue weighted by atomic mass is 15.1. The van der Waals surface area contributed by atoms with E-state index < -0.39 is 0 Å². The lowest BCUT2D eigenvalue weighted by molar-refractivity contribution is 1.28. The van der Waals surface area contributed by atoms with Crippen molar-refractivity contribution in [1.82, 2.24) is 0 Å². The van der Waals surface area contributed by atoms with Crippen molar-refractivity contribution in [1.29, 1.82) is 0 Å². The van der Waals surface area contributed by atoms with Gasteiger partial charge in [0.05, 0.1) is 0 Å². The van der Waals surface area contributed by atoms with Crippen LogP contribution in [0.25, 0.3) is 68.3 Å². The summed E-state index contributed by atoms with van der Waals surface area (Å²) in [6.07, 6.45) is 19.6. The van der Waals surface area contributed by atoms with E-state index in [1.165, 1.54) is 50.1 Å². The second-order valence-electron chi connectivity index (χ2n) is 20.9. The van der Waals surface area contributed by atoms with Crippen molar-refractivity contribution < 1.29 is 0 Å². The molecule has 0 atom stereocenters. The smallest absolute Gasteiger partial charge is 0.0462 e. The van der Waals surface area contributed by atoms with Crippen molar-refractivity contribution in [3.63, 3.8) is 0 Å². The normalized spacial score (nSPS) is 11.2. The van der Waals surface area contributed by atoms with Gasteiger partial charge in [0.15, 0.2) is 0 Å². The maximum Gasteiger partial charge on any atom is 0.0462 e. The van der Waals surface area contributed by atoms with Gasteiger partial charge in [-0.15, -0.1) is 0 Å². The molecule has 12 aromatic rings. The van der Waals surface area contributed by atoms with Crippen LogP contribution in [0, 0.1) is 0 Å². The van der Waals surface area contributed by atoms with E-state index in [2.05, 4.69) is 387 Å². The van der Waals surface area contributed by atoms with Crippen LogP contribution in [-0.4, -0.2) is 0 Å². The minimum atomic E-state index is 1.07. The third-order valence-corrected chi connectivity index (χ3v) is 15.3. The van der Waals surface area contributed by atoms with Crippen molar-refractivity contribution >= 4 is 52.0 Å². The highest BCUT2D eigenvalue weighted by Crippen LogP contribution is 2.38. The van der Waals surface area contributed by atoms with E-state index in [1.54, 1.807) is 0 Å². The summed E-state index contributed by atoms with van der Waals surface area (Å²) in [5.74, 6) is 0. The Morgan fingerprint density at radius 1 is 0.188 bits per heavy atom. The molecule has 85 heavy (non-hydrogen) atoms. The zero-order chi connectivity index (χ0) is 57.2. The van der Waals surface area contributed by atoms with Gasteiger partial charge in [-0.2, -0.15) is 0 Å². The highest BCUT2D eigenvalue weighted by molar-refractivity contribution is 5.85. The lowest BCUT2D eigenvalue weighted by Crippen LogP contribution is -2.09.